The van der Waals surface area contributed by atoms with Gasteiger partial charge >= 0.3 is 5.97 Å². The van der Waals surface area contributed by atoms with E-state index in [1.54, 1.807) is 11.3 Å². The number of aliphatic carboxylic acids is 1. The van der Waals surface area contributed by atoms with E-state index in [1.165, 1.54) is 4.88 Å². The molecule has 0 saturated carbocycles. The number of rotatable bonds is 5. The van der Waals surface area contributed by atoms with Gasteiger partial charge in [-0.2, -0.15) is 0 Å². The molecule has 2 heterocycles. The summed E-state index contributed by atoms with van der Waals surface area (Å²) in [5.74, 6) is -0.0663. The molecule has 3 nitrogen and oxygen atoms in total. The summed E-state index contributed by atoms with van der Waals surface area (Å²) in [6.45, 7) is 3.96. The van der Waals surface area contributed by atoms with Crippen molar-refractivity contribution in [3.63, 3.8) is 0 Å². The minimum Gasteiger partial charge on any atom is -0.480 e. The molecular formula is C14H21NO2S. The molecule has 1 aromatic rings. The van der Waals surface area contributed by atoms with Crippen molar-refractivity contribution in [2.45, 2.75) is 38.6 Å². The van der Waals surface area contributed by atoms with Crippen LogP contribution in [-0.4, -0.2) is 35.1 Å². The van der Waals surface area contributed by atoms with E-state index in [4.69, 9.17) is 0 Å². The van der Waals surface area contributed by atoms with Gasteiger partial charge in [-0.15, -0.1) is 11.3 Å². The van der Waals surface area contributed by atoms with Crippen LogP contribution in [0, 0.1) is 5.92 Å². The van der Waals surface area contributed by atoms with Gasteiger partial charge in [0, 0.05) is 11.4 Å². The van der Waals surface area contributed by atoms with Gasteiger partial charge < -0.3 is 5.11 Å². The fourth-order valence-electron chi connectivity index (χ4n) is 2.69. The van der Waals surface area contributed by atoms with Crippen molar-refractivity contribution in [1.82, 2.24) is 4.90 Å². The third-order valence-corrected chi connectivity index (χ3v) is 4.85. The average Bonchev–Trinajstić information content (AvgIpc) is 2.89. The van der Waals surface area contributed by atoms with Crippen LogP contribution in [0.3, 0.4) is 0 Å². The van der Waals surface area contributed by atoms with E-state index < -0.39 is 5.97 Å². The Morgan fingerprint density at radius 2 is 2.44 bits per heavy atom. The quantitative estimate of drug-likeness (QED) is 0.892. The van der Waals surface area contributed by atoms with Crippen LogP contribution in [0.4, 0.5) is 0 Å². The van der Waals surface area contributed by atoms with Crippen molar-refractivity contribution in [2.75, 3.05) is 13.1 Å². The molecule has 4 heteroatoms. The van der Waals surface area contributed by atoms with Crippen molar-refractivity contribution < 1.29 is 9.90 Å². The highest BCUT2D eigenvalue weighted by atomic mass is 32.1. The average molecular weight is 267 g/mol. The molecule has 1 saturated heterocycles. The second-order valence-corrected chi connectivity index (χ2v) is 6.05. The molecule has 18 heavy (non-hydrogen) atoms. The van der Waals surface area contributed by atoms with Crippen LogP contribution < -0.4 is 0 Å². The molecule has 2 unspecified atom stereocenters. The Labute approximate surface area is 112 Å². The lowest BCUT2D eigenvalue weighted by Gasteiger charge is -2.36. The largest absolute Gasteiger partial charge is 0.480 e. The highest BCUT2D eigenvalue weighted by Gasteiger charge is 2.32. The number of piperidine rings is 1. The topological polar surface area (TPSA) is 40.5 Å². The molecular weight excluding hydrogens is 246 g/mol. The molecule has 1 fully saturated rings. The summed E-state index contributed by atoms with van der Waals surface area (Å²) < 4.78 is 0. The van der Waals surface area contributed by atoms with Gasteiger partial charge in [-0.05, 0) is 43.2 Å². The van der Waals surface area contributed by atoms with E-state index in [0.717, 1.165) is 38.8 Å². The molecule has 0 aromatic carbocycles. The zero-order valence-electron chi connectivity index (χ0n) is 10.8. The predicted molar refractivity (Wildman–Crippen MR) is 74.0 cm³/mol. The van der Waals surface area contributed by atoms with Crippen molar-refractivity contribution in [1.29, 1.82) is 0 Å². The molecule has 100 valence electrons. The number of thiophene rings is 1. The van der Waals surface area contributed by atoms with Crippen LogP contribution in [0.25, 0.3) is 0 Å². The zero-order valence-corrected chi connectivity index (χ0v) is 11.7. The first-order chi connectivity index (χ1) is 8.70. The molecule has 0 bridgehead atoms. The van der Waals surface area contributed by atoms with E-state index in [9.17, 15) is 9.90 Å². The Balaban J connectivity index is 1.91. The number of hydrogen-bond acceptors (Lipinski definition) is 3. The minimum atomic E-state index is -0.653. The molecule has 1 aromatic heterocycles. The molecule has 0 spiro atoms. The number of carboxylic acids is 1. The number of carboxylic acid groups (broad SMARTS) is 1. The van der Waals surface area contributed by atoms with Crippen molar-refractivity contribution in [3.05, 3.63) is 22.4 Å². The van der Waals surface area contributed by atoms with Gasteiger partial charge in [0.15, 0.2) is 0 Å². The van der Waals surface area contributed by atoms with Crippen LogP contribution >= 0.6 is 11.3 Å². The number of carbonyl (C=O) groups is 1. The lowest BCUT2D eigenvalue weighted by molar-refractivity contribution is -0.145. The molecule has 2 atom stereocenters. The zero-order chi connectivity index (χ0) is 13.0. The standard InChI is InChI=1S/C14H21NO2S/c1-2-11-5-7-15(13(10-11)14(16)17)8-6-12-4-3-9-18-12/h3-4,9,11,13H,2,5-8,10H2,1H3,(H,16,17). The maximum Gasteiger partial charge on any atom is 0.320 e. The van der Waals surface area contributed by atoms with E-state index in [1.807, 2.05) is 0 Å². The summed E-state index contributed by atoms with van der Waals surface area (Å²) in [6.07, 6.45) is 4.03. The Kier molecular flexibility index (Phi) is 4.78. The summed E-state index contributed by atoms with van der Waals surface area (Å²) in [4.78, 5) is 14.8. The molecule has 1 N–H and O–H groups in total. The van der Waals surface area contributed by atoms with Crippen LogP contribution in [0.15, 0.2) is 17.5 Å². The Morgan fingerprint density at radius 1 is 1.61 bits per heavy atom. The van der Waals surface area contributed by atoms with Crippen LogP contribution in [0.2, 0.25) is 0 Å². The summed E-state index contributed by atoms with van der Waals surface area (Å²) in [5.41, 5.74) is 0. The first-order valence-corrected chi connectivity index (χ1v) is 7.58. The Morgan fingerprint density at radius 3 is 3.06 bits per heavy atom. The lowest BCUT2D eigenvalue weighted by Crippen LogP contribution is -2.47. The van der Waals surface area contributed by atoms with Crippen LogP contribution in [-0.2, 0) is 11.2 Å². The summed E-state index contributed by atoms with van der Waals surface area (Å²) in [6, 6.07) is 3.90. The fourth-order valence-corrected chi connectivity index (χ4v) is 3.39. The monoisotopic (exact) mass is 267 g/mol. The van der Waals surface area contributed by atoms with E-state index >= 15 is 0 Å². The maximum atomic E-state index is 11.3. The number of nitrogens with zero attached hydrogens (tertiary/aromatic N) is 1. The smallest absolute Gasteiger partial charge is 0.320 e. The molecule has 0 radical (unpaired) electrons. The van der Waals surface area contributed by atoms with Gasteiger partial charge in [-0.3, -0.25) is 9.69 Å². The predicted octanol–water partition coefficient (Wildman–Crippen LogP) is 2.87. The SMILES string of the molecule is CCC1CCN(CCc2cccs2)C(C(=O)O)C1. The van der Waals surface area contributed by atoms with Gasteiger partial charge in [0.25, 0.3) is 0 Å². The van der Waals surface area contributed by atoms with Gasteiger partial charge in [0.2, 0.25) is 0 Å². The maximum absolute atomic E-state index is 11.3. The number of hydrogen-bond donors (Lipinski definition) is 1. The minimum absolute atomic E-state index is 0.274. The molecule has 0 aliphatic carbocycles. The summed E-state index contributed by atoms with van der Waals surface area (Å²) >= 11 is 1.75. The van der Waals surface area contributed by atoms with E-state index in [0.29, 0.717) is 5.92 Å². The second-order valence-electron chi connectivity index (χ2n) is 5.02. The fraction of sp³-hybridized carbons (Fsp3) is 0.643. The third-order valence-electron chi connectivity index (χ3n) is 3.91. The molecule has 1 aliphatic heterocycles. The summed E-state index contributed by atoms with van der Waals surface area (Å²) in [5, 5.41) is 11.4. The molecule has 2 rings (SSSR count). The summed E-state index contributed by atoms with van der Waals surface area (Å²) in [7, 11) is 0. The first-order valence-electron chi connectivity index (χ1n) is 6.70. The van der Waals surface area contributed by atoms with Gasteiger partial charge in [-0.1, -0.05) is 19.4 Å². The van der Waals surface area contributed by atoms with Crippen molar-refractivity contribution in [3.8, 4) is 0 Å². The van der Waals surface area contributed by atoms with E-state index in [-0.39, 0.29) is 6.04 Å². The highest BCUT2D eigenvalue weighted by molar-refractivity contribution is 7.09. The van der Waals surface area contributed by atoms with Gasteiger partial charge in [0.05, 0.1) is 0 Å². The first kappa shape index (κ1) is 13.6. The van der Waals surface area contributed by atoms with E-state index in [2.05, 4.69) is 29.3 Å². The van der Waals surface area contributed by atoms with Crippen LogP contribution in [0.1, 0.15) is 31.1 Å². The third kappa shape index (κ3) is 3.33. The Bertz CT molecular complexity index is 377. The Hall–Kier alpha value is -0.870. The normalized spacial score (nSPS) is 25.2. The van der Waals surface area contributed by atoms with Crippen molar-refractivity contribution in [2.24, 2.45) is 5.92 Å². The lowest BCUT2D eigenvalue weighted by atomic mass is 9.89. The van der Waals surface area contributed by atoms with Gasteiger partial charge in [-0.25, -0.2) is 0 Å². The molecule has 1 aliphatic rings. The highest BCUT2D eigenvalue weighted by Crippen LogP contribution is 2.26. The van der Waals surface area contributed by atoms with Crippen LogP contribution in [0.5, 0.6) is 0 Å². The van der Waals surface area contributed by atoms with Crippen molar-refractivity contribution >= 4 is 17.3 Å². The van der Waals surface area contributed by atoms with Gasteiger partial charge in [0.1, 0.15) is 6.04 Å². The number of likely N-dealkylation sites (tertiary alicyclic amines) is 1. The molecule has 0 amide bonds. The second kappa shape index (κ2) is 6.34.